The van der Waals surface area contributed by atoms with Crippen LogP contribution in [0.4, 0.5) is 18.9 Å². The number of carboxylic acids is 1. The molecule has 21 heavy (non-hydrogen) atoms. The summed E-state index contributed by atoms with van der Waals surface area (Å²) in [7, 11) is 0. The molecule has 1 aromatic carbocycles. The van der Waals surface area contributed by atoms with E-state index < -0.39 is 23.6 Å². The molecule has 0 amide bonds. The zero-order valence-corrected chi connectivity index (χ0v) is 11.4. The van der Waals surface area contributed by atoms with Crippen LogP contribution in [0, 0.1) is 5.92 Å². The van der Waals surface area contributed by atoms with E-state index >= 15 is 0 Å². The molecule has 0 aliphatic carbocycles. The molecule has 6 heteroatoms. The van der Waals surface area contributed by atoms with Gasteiger partial charge < -0.3 is 10.0 Å². The number of hydrogen-bond acceptors (Lipinski definition) is 2. The fourth-order valence-electron chi connectivity index (χ4n) is 3.51. The molecular formula is C15H16F3NO2. The number of fused-ring (bicyclic) bond motifs is 3. The first kappa shape index (κ1) is 14.2. The van der Waals surface area contributed by atoms with Crippen LogP contribution in [0.3, 0.4) is 0 Å². The van der Waals surface area contributed by atoms with Crippen LogP contribution in [-0.2, 0) is 17.4 Å². The minimum atomic E-state index is -4.40. The molecule has 0 aromatic heterocycles. The number of halogens is 3. The lowest BCUT2D eigenvalue weighted by Gasteiger charge is -2.45. The quantitative estimate of drug-likeness (QED) is 0.865. The average molecular weight is 299 g/mol. The van der Waals surface area contributed by atoms with Crippen molar-refractivity contribution in [2.24, 2.45) is 5.92 Å². The van der Waals surface area contributed by atoms with Crippen LogP contribution < -0.4 is 4.90 Å². The molecule has 0 bridgehead atoms. The number of hydrogen-bond donors (Lipinski definition) is 1. The van der Waals surface area contributed by atoms with Crippen molar-refractivity contribution in [2.75, 3.05) is 11.4 Å². The topological polar surface area (TPSA) is 40.5 Å². The van der Waals surface area contributed by atoms with Gasteiger partial charge in [0.25, 0.3) is 0 Å². The second-order valence-corrected chi connectivity index (χ2v) is 5.75. The fourth-order valence-corrected chi connectivity index (χ4v) is 3.51. The number of nitrogens with zero attached hydrogens (tertiary/aromatic N) is 1. The van der Waals surface area contributed by atoms with Gasteiger partial charge >= 0.3 is 12.1 Å². The maximum absolute atomic E-state index is 12.8. The molecule has 3 nitrogen and oxygen atoms in total. The molecule has 2 heterocycles. The molecule has 2 aliphatic heterocycles. The Morgan fingerprint density at radius 1 is 1.29 bits per heavy atom. The number of benzene rings is 1. The third-order valence-electron chi connectivity index (χ3n) is 4.49. The molecule has 2 unspecified atom stereocenters. The summed E-state index contributed by atoms with van der Waals surface area (Å²) in [5, 5.41) is 9.38. The van der Waals surface area contributed by atoms with Gasteiger partial charge in [0.1, 0.15) is 0 Å². The summed E-state index contributed by atoms with van der Waals surface area (Å²) in [6.07, 6.45) is -1.51. The Balaban J connectivity index is 2.04. The van der Waals surface area contributed by atoms with Gasteiger partial charge in [0.2, 0.25) is 0 Å². The molecule has 0 radical (unpaired) electrons. The van der Waals surface area contributed by atoms with Crippen molar-refractivity contribution in [3.63, 3.8) is 0 Å². The lowest BCUT2D eigenvalue weighted by Crippen LogP contribution is -2.50. The van der Waals surface area contributed by atoms with Gasteiger partial charge in [-0.2, -0.15) is 13.2 Å². The first-order chi connectivity index (χ1) is 9.88. The van der Waals surface area contributed by atoms with Gasteiger partial charge in [0.05, 0.1) is 11.5 Å². The van der Waals surface area contributed by atoms with E-state index in [-0.39, 0.29) is 12.5 Å². The number of piperidine rings is 1. The van der Waals surface area contributed by atoms with E-state index in [9.17, 15) is 23.1 Å². The van der Waals surface area contributed by atoms with Crippen molar-refractivity contribution >= 4 is 11.7 Å². The zero-order valence-electron chi connectivity index (χ0n) is 11.4. The van der Waals surface area contributed by atoms with Crippen molar-refractivity contribution in [1.82, 2.24) is 0 Å². The smallest absolute Gasteiger partial charge is 0.416 e. The Morgan fingerprint density at radius 3 is 2.71 bits per heavy atom. The largest absolute Gasteiger partial charge is 0.481 e. The Labute approximate surface area is 120 Å². The fraction of sp³-hybridized carbons (Fsp3) is 0.533. The minimum absolute atomic E-state index is 0.0968. The predicted molar refractivity (Wildman–Crippen MR) is 71.3 cm³/mol. The van der Waals surface area contributed by atoms with Gasteiger partial charge in [-0.25, -0.2) is 0 Å². The molecule has 0 saturated carbocycles. The third-order valence-corrected chi connectivity index (χ3v) is 4.49. The first-order valence-electron chi connectivity index (χ1n) is 7.07. The van der Waals surface area contributed by atoms with Gasteiger partial charge in [0, 0.05) is 18.3 Å². The van der Waals surface area contributed by atoms with Crippen molar-refractivity contribution in [3.05, 3.63) is 29.3 Å². The highest BCUT2D eigenvalue weighted by Crippen LogP contribution is 2.41. The minimum Gasteiger partial charge on any atom is -0.481 e. The summed E-state index contributed by atoms with van der Waals surface area (Å²) < 4.78 is 38.5. The van der Waals surface area contributed by atoms with Crippen molar-refractivity contribution in [2.45, 2.75) is 37.9 Å². The standard InChI is InChI=1S/C15H16F3NO2/c16-15(17,18)10-4-5-12-9(7-10)8-11(14(20)21)13-3-1-2-6-19(12)13/h4-5,7,11,13H,1-3,6,8H2,(H,20,21). The van der Waals surface area contributed by atoms with Crippen LogP contribution in [0.5, 0.6) is 0 Å². The molecule has 2 atom stereocenters. The van der Waals surface area contributed by atoms with Crippen LogP contribution in [0.25, 0.3) is 0 Å². The van der Waals surface area contributed by atoms with E-state index in [1.165, 1.54) is 6.07 Å². The maximum Gasteiger partial charge on any atom is 0.416 e. The lowest BCUT2D eigenvalue weighted by molar-refractivity contribution is -0.142. The number of carbonyl (C=O) groups is 1. The molecule has 1 fully saturated rings. The van der Waals surface area contributed by atoms with Crippen molar-refractivity contribution < 1.29 is 23.1 Å². The lowest BCUT2D eigenvalue weighted by atomic mass is 9.80. The summed E-state index contributed by atoms with van der Waals surface area (Å²) in [6.45, 7) is 0.715. The molecule has 114 valence electrons. The molecule has 1 aromatic rings. The van der Waals surface area contributed by atoms with E-state index in [2.05, 4.69) is 0 Å². The average Bonchev–Trinajstić information content (AvgIpc) is 2.44. The third kappa shape index (κ3) is 2.47. The van der Waals surface area contributed by atoms with Crippen molar-refractivity contribution in [3.8, 4) is 0 Å². The zero-order chi connectivity index (χ0) is 15.2. The van der Waals surface area contributed by atoms with Crippen LogP contribution in [0.2, 0.25) is 0 Å². The second kappa shape index (κ2) is 4.93. The van der Waals surface area contributed by atoms with Gasteiger partial charge in [-0.15, -0.1) is 0 Å². The highest BCUT2D eigenvalue weighted by atomic mass is 19.4. The van der Waals surface area contributed by atoms with Gasteiger partial charge in [-0.05, 0) is 49.4 Å². The maximum atomic E-state index is 12.8. The SMILES string of the molecule is O=C(O)C1Cc2cc(C(F)(F)F)ccc2N2CCCCC12. The molecule has 1 N–H and O–H groups in total. The van der Waals surface area contributed by atoms with Gasteiger partial charge in [-0.3, -0.25) is 4.79 Å². The highest BCUT2D eigenvalue weighted by molar-refractivity contribution is 5.75. The summed E-state index contributed by atoms with van der Waals surface area (Å²) in [5.74, 6) is -1.55. The van der Waals surface area contributed by atoms with Crippen LogP contribution in [0.15, 0.2) is 18.2 Å². The molecule has 3 rings (SSSR count). The summed E-state index contributed by atoms with van der Waals surface area (Å²) >= 11 is 0. The van der Waals surface area contributed by atoms with Gasteiger partial charge in [0.15, 0.2) is 0 Å². The van der Waals surface area contributed by atoms with E-state index in [1.807, 2.05) is 4.90 Å². The Kier molecular flexibility index (Phi) is 3.34. The predicted octanol–water partition coefficient (Wildman–Crippen LogP) is 3.32. The van der Waals surface area contributed by atoms with Crippen LogP contribution in [0.1, 0.15) is 30.4 Å². The number of alkyl halides is 3. The number of rotatable bonds is 1. The Bertz CT molecular complexity index is 571. The van der Waals surface area contributed by atoms with E-state index in [4.69, 9.17) is 0 Å². The van der Waals surface area contributed by atoms with E-state index in [0.717, 1.165) is 37.1 Å². The van der Waals surface area contributed by atoms with Crippen LogP contribution in [-0.4, -0.2) is 23.7 Å². The molecule has 2 aliphatic rings. The van der Waals surface area contributed by atoms with Gasteiger partial charge in [-0.1, -0.05) is 0 Å². The number of anilines is 1. The van der Waals surface area contributed by atoms with E-state index in [0.29, 0.717) is 12.1 Å². The first-order valence-corrected chi connectivity index (χ1v) is 7.07. The number of aliphatic carboxylic acids is 1. The highest BCUT2D eigenvalue weighted by Gasteiger charge is 2.40. The summed E-state index contributed by atoms with van der Waals surface area (Å²) in [5.41, 5.74) is 0.557. The second-order valence-electron chi connectivity index (χ2n) is 5.75. The normalized spacial score (nSPS) is 25.2. The van der Waals surface area contributed by atoms with Crippen molar-refractivity contribution in [1.29, 1.82) is 0 Å². The summed E-state index contributed by atoms with van der Waals surface area (Å²) in [4.78, 5) is 13.4. The number of carboxylic acid groups (broad SMARTS) is 1. The Hall–Kier alpha value is -1.72. The van der Waals surface area contributed by atoms with Crippen LogP contribution >= 0.6 is 0 Å². The molecule has 0 spiro atoms. The molecule has 1 saturated heterocycles. The van der Waals surface area contributed by atoms with E-state index in [1.54, 1.807) is 0 Å². The summed E-state index contributed by atoms with van der Waals surface area (Å²) in [6, 6.07) is 3.59. The Morgan fingerprint density at radius 2 is 2.05 bits per heavy atom. The molecular weight excluding hydrogens is 283 g/mol. The monoisotopic (exact) mass is 299 g/mol.